The van der Waals surface area contributed by atoms with E-state index in [-0.39, 0.29) is 6.61 Å². The van der Waals surface area contributed by atoms with E-state index in [1.165, 1.54) is 0 Å². The number of methoxy groups -OCH3 is 1. The van der Waals surface area contributed by atoms with Gasteiger partial charge in [0.05, 0.1) is 12.7 Å². The van der Waals surface area contributed by atoms with E-state index in [9.17, 15) is 32.7 Å². The molecule has 1 aliphatic heterocycles. The maximum Gasteiger partial charge on any atom is 0.426 e. The van der Waals surface area contributed by atoms with Crippen molar-refractivity contribution < 1.29 is 46.9 Å². The number of halogens is 3. The molecule has 2 amide bonds. The fraction of sp³-hybridized carbons (Fsp3) is 0.296. The Morgan fingerprint density at radius 3 is 2.25 bits per heavy atom. The Morgan fingerprint density at radius 2 is 1.68 bits per heavy atom. The molecule has 0 radical (unpaired) electrons. The number of benzene rings is 2. The highest BCUT2D eigenvalue weighted by molar-refractivity contribution is 5.97. The van der Waals surface area contributed by atoms with Crippen LogP contribution in [0.15, 0.2) is 65.7 Å². The second kappa shape index (κ2) is 12.6. The zero-order chi connectivity index (χ0) is 29.6. The molecular weight excluding hydrogens is 535 g/mol. The predicted octanol–water partition coefficient (Wildman–Crippen LogP) is 3.32. The highest BCUT2D eigenvalue weighted by Gasteiger charge is 2.38. The predicted molar refractivity (Wildman–Crippen MR) is 134 cm³/mol. The lowest BCUT2D eigenvalue weighted by Gasteiger charge is -2.33. The average molecular weight is 564 g/mol. The van der Waals surface area contributed by atoms with Gasteiger partial charge in [-0.2, -0.15) is 0 Å². The van der Waals surface area contributed by atoms with Crippen molar-refractivity contribution in [2.75, 3.05) is 7.11 Å². The Balaban J connectivity index is 1.97. The summed E-state index contributed by atoms with van der Waals surface area (Å²) in [6.45, 7) is 3.92. The Morgan fingerprint density at radius 1 is 1.05 bits per heavy atom. The van der Waals surface area contributed by atoms with Crippen LogP contribution in [0.2, 0.25) is 0 Å². The largest absolute Gasteiger partial charge is 0.488 e. The second-order valence-electron chi connectivity index (χ2n) is 9.48. The van der Waals surface area contributed by atoms with Gasteiger partial charge < -0.3 is 24.6 Å². The van der Waals surface area contributed by atoms with E-state index in [1.807, 2.05) is 0 Å². The molecule has 0 saturated heterocycles. The van der Waals surface area contributed by atoms with E-state index in [2.05, 4.69) is 10.7 Å². The molecule has 1 unspecified atom stereocenters. The molecule has 1 atom stereocenters. The van der Waals surface area contributed by atoms with E-state index in [1.54, 1.807) is 51.1 Å². The Labute approximate surface area is 228 Å². The molecule has 0 spiro atoms. The average Bonchev–Trinajstić information content (AvgIpc) is 2.86. The minimum Gasteiger partial charge on any atom is -0.488 e. The molecule has 10 nitrogen and oxygen atoms in total. The number of esters is 1. The summed E-state index contributed by atoms with van der Waals surface area (Å²) in [5.74, 6) is -6.15. The summed E-state index contributed by atoms with van der Waals surface area (Å²) in [6, 6.07) is 9.55. The molecule has 0 fully saturated rings. The van der Waals surface area contributed by atoms with Crippen molar-refractivity contribution >= 4 is 18.0 Å². The Hall–Kier alpha value is -4.52. The molecule has 40 heavy (non-hydrogen) atoms. The van der Waals surface area contributed by atoms with Crippen LogP contribution in [0.5, 0.6) is 0 Å². The number of rotatable bonds is 8. The van der Waals surface area contributed by atoms with Crippen molar-refractivity contribution in [3.8, 4) is 0 Å². The number of nitrogens with zero attached hydrogens (tertiary/aromatic N) is 1. The monoisotopic (exact) mass is 563 g/mol. The number of aliphatic hydroxyl groups is 1. The summed E-state index contributed by atoms with van der Waals surface area (Å²) in [7, 11) is 1.06. The summed E-state index contributed by atoms with van der Waals surface area (Å²) < 4.78 is 57.2. The maximum absolute atomic E-state index is 14.1. The molecule has 0 aromatic heterocycles. The minimum absolute atomic E-state index is 0.158. The standard InChI is InChI=1S/C27H28F3N3O7/c1-27(2,3)40-26(37)32-33-13-18(24(35)31-12-17-19(29)10-16(28)11-20(17)30)22(34)23(21(33)25(36)38-4)39-14-15-8-6-5-7-9-15/h5-11,13,22,34H,12,14H2,1-4H3,(H,31,35)(H,32,37). The zero-order valence-electron chi connectivity index (χ0n) is 22.1. The van der Waals surface area contributed by atoms with Gasteiger partial charge in [0.1, 0.15) is 35.8 Å². The summed E-state index contributed by atoms with van der Waals surface area (Å²) >= 11 is 0. The van der Waals surface area contributed by atoms with Crippen LogP contribution in [0.1, 0.15) is 31.9 Å². The van der Waals surface area contributed by atoms with Gasteiger partial charge in [0.15, 0.2) is 11.5 Å². The number of amides is 2. The van der Waals surface area contributed by atoms with Gasteiger partial charge in [-0.3, -0.25) is 4.79 Å². The van der Waals surface area contributed by atoms with Crippen molar-refractivity contribution in [2.45, 2.75) is 45.6 Å². The maximum atomic E-state index is 14.1. The van der Waals surface area contributed by atoms with Gasteiger partial charge >= 0.3 is 12.1 Å². The van der Waals surface area contributed by atoms with Gasteiger partial charge in [0, 0.05) is 30.4 Å². The third kappa shape index (κ3) is 7.53. The van der Waals surface area contributed by atoms with Crippen LogP contribution in [0.3, 0.4) is 0 Å². The van der Waals surface area contributed by atoms with E-state index in [4.69, 9.17) is 14.2 Å². The van der Waals surface area contributed by atoms with Gasteiger partial charge in [-0.1, -0.05) is 30.3 Å². The molecule has 2 aromatic rings. The molecule has 1 aliphatic rings. The van der Waals surface area contributed by atoms with Crippen LogP contribution in [-0.2, 0) is 37.0 Å². The molecule has 214 valence electrons. The smallest absolute Gasteiger partial charge is 0.426 e. The molecule has 2 aromatic carbocycles. The topological polar surface area (TPSA) is 126 Å². The number of aliphatic hydroxyl groups excluding tert-OH is 1. The van der Waals surface area contributed by atoms with Crippen LogP contribution in [0.25, 0.3) is 0 Å². The lowest BCUT2D eigenvalue weighted by molar-refractivity contribution is -0.139. The summed E-state index contributed by atoms with van der Waals surface area (Å²) in [4.78, 5) is 38.4. The fourth-order valence-corrected chi connectivity index (χ4v) is 3.52. The molecular formula is C27H28F3N3O7. The second-order valence-corrected chi connectivity index (χ2v) is 9.48. The third-order valence-corrected chi connectivity index (χ3v) is 5.31. The van der Waals surface area contributed by atoms with Crippen LogP contribution in [-0.4, -0.2) is 46.9 Å². The third-order valence-electron chi connectivity index (χ3n) is 5.31. The number of carbonyl (C=O) groups excluding carboxylic acids is 3. The van der Waals surface area contributed by atoms with Crippen molar-refractivity contribution in [2.24, 2.45) is 0 Å². The lowest BCUT2D eigenvalue weighted by atomic mass is 10.0. The minimum atomic E-state index is -1.88. The molecule has 3 N–H and O–H groups in total. The number of hydrogen-bond donors (Lipinski definition) is 3. The molecule has 1 heterocycles. The molecule has 0 saturated carbocycles. The summed E-state index contributed by atoms with van der Waals surface area (Å²) in [5, 5.41) is 14.1. The molecule has 0 bridgehead atoms. The van der Waals surface area contributed by atoms with E-state index in [0.717, 1.165) is 18.3 Å². The Kier molecular flexibility index (Phi) is 9.43. The fourth-order valence-electron chi connectivity index (χ4n) is 3.52. The van der Waals surface area contributed by atoms with Crippen LogP contribution in [0.4, 0.5) is 18.0 Å². The highest BCUT2D eigenvalue weighted by Crippen LogP contribution is 2.28. The quantitative estimate of drug-likeness (QED) is 0.418. The Bertz CT molecular complexity index is 1320. The highest BCUT2D eigenvalue weighted by atomic mass is 19.1. The number of hydrogen-bond acceptors (Lipinski definition) is 8. The zero-order valence-corrected chi connectivity index (χ0v) is 22.1. The van der Waals surface area contributed by atoms with E-state index < -0.39 is 76.3 Å². The molecule has 3 rings (SSSR count). The summed E-state index contributed by atoms with van der Waals surface area (Å²) in [6.07, 6.45) is -2.00. The SMILES string of the molecule is COC(=O)C1=C(OCc2ccccc2)C(O)C(C(=O)NCc2c(F)cc(F)cc2F)=CN1NC(=O)OC(C)(C)C. The van der Waals surface area contributed by atoms with Crippen molar-refractivity contribution in [3.63, 3.8) is 0 Å². The van der Waals surface area contributed by atoms with Crippen LogP contribution < -0.4 is 10.7 Å². The molecule has 0 aliphatic carbocycles. The van der Waals surface area contributed by atoms with Crippen molar-refractivity contribution in [1.29, 1.82) is 0 Å². The molecule has 13 heteroatoms. The summed E-state index contributed by atoms with van der Waals surface area (Å²) in [5.41, 5.74) is 0.406. The van der Waals surface area contributed by atoms with E-state index >= 15 is 0 Å². The number of carbonyl (C=O) groups is 3. The first-order chi connectivity index (χ1) is 18.8. The van der Waals surface area contributed by atoms with Gasteiger partial charge in [-0.25, -0.2) is 33.2 Å². The number of hydrazine groups is 1. The van der Waals surface area contributed by atoms with Crippen LogP contribution >= 0.6 is 0 Å². The first-order valence-corrected chi connectivity index (χ1v) is 11.9. The first-order valence-electron chi connectivity index (χ1n) is 11.9. The first kappa shape index (κ1) is 30.0. The number of ether oxygens (including phenoxy) is 3. The normalized spacial score (nSPS) is 15.2. The van der Waals surface area contributed by atoms with Crippen LogP contribution in [0, 0.1) is 17.5 Å². The van der Waals surface area contributed by atoms with Gasteiger partial charge in [0.2, 0.25) is 0 Å². The van der Waals surface area contributed by atoms with Gasteiger partial charge in [-0.05, 0) is 26.3 Å². The van der Waals surface area contributed by atoms with Crippen molar-refractivity contribution in [1.82, 2.24) is 15.8 Å². The lowest BCUT2D eigenvalue weighted by Crippen LogP contribution is -2.48. The van der Waals surface area contributed by atoms with Gasteiger partial charge in [-0.15, -0.1) is 0 Å². The van der Waals surface area contributed by atoms with E-state index in [0.29, 0.717) is 17.7 Å². The van der Waals surface area contributed by atoms with Gasteiger partial charge in [0.25, 0.3) is 5.91 Å². The van der Waals surface area contributed by atoms with Crippen molar-refractivity contribution in [3.05, 3.63) is 94.3 Å². The number of nitrogens with one attached hydrogen (secondary N) is 2.